The molecular formula is C15H20N2O2. The first kappa shape index (κ1) is 13.6. The molecule has 1 aliphatic rings. The molecule has 4 heteroatoms. The topological polar surface area (TPSA) is 49.4 Å². The van der Waals surface area contributed by atoms with Crippen LogP contribution < -0.4 is 5.32 Å². The van der Waals surface area contributed by atoms with Gasteiger partial charge < -0.3 is 10.2 Å². The van der Waals surface area contributed by atoms with Crippen LogP contribution >= 0.6 is 0 Å². The normalized spacial score (nSPS) is 19.7. The quantitative estimate of drug-likeness (QED) is 0.884. The largest absolute Gasteiger partial charge is 0.343 e. The Balaban J connectivity index is 1.99. The lowest BCUT2D eigenvalue weighted by atomic mass is 10.0. The van der Waals surface area contributed by atoms with Gasteiger partial charge in [0, 0.05) is 6.54 Å². The molecule has 0 spiro atoms. The van der Waals surface area contributed by atoms with E-state index in [0.717, 1.165) is 6.42 Å². The summed E-state index contributed by atoms with van der Waals surface area (Å²) in [6, 6.07) is 9.63. The van der Waals surface area contributed by atoms with Gasteiger partial charge in [0.05, 0.1) is 6.54 Å². The molecule has 0 saturated carbocycles. The molecule has 102 valence electrons. The Morgan fingerprint density at radius 1 is 1.26 bits per heavy atom. The molecule has 1 saturated heterocycles. The molecular weight excluding hydrogens is 240 g/mol. The summed E-state index contributed by atoms with van der Waals surface area (Å²) < 4.78 is 0. The van der Waals surface area contributed by atoms with E-state index in [1.807, 2.05) is 44.2 Å². The third-order valence-corrected chi connectivity index (χ3v) is 3.41. The summed E-state index contributed by atoms with van der Waals surface area (Å²) in [7, 11) is 0. The second-order valence-corrected chi connectivity index (χ2v) is 5.28. The molecule has 0 radical (unpaired) electrons. The summed E-state index contributed by atoms with van der Waals surface area (Å²) in [4.78, 5) is 25.5. The van der Waals surface area contributed by atoms with Crippen LogP contribution in [0.4, 0.5) is 0 Å². The fourth-order valence-corrected chi connectivity index (χ4v) is 2.28. The maximum Gasteiger partial charge on any atom is 0.245 e. The van der Waals surface area contributed by atoms with Gasteiger partial charge in [-0.2, -0.15) is 0 Å². The maximum absolute atomic E-state index is 12.2. The second-order valence-electron chi connectivity index (χ2n) is 5.28. The molecule has 0 bridgehead atoms. The second kappa shape index (κ2) is 5.87. The van der Waals surface area contributed by atoms with Gasteiger partial charge in [-0.1, -0.05) is 44.2 Å². The van der Waals surface area contributed by atoms with Gasteiger partial charge in [-0.15, -0.1) is 0 Å². The first-order valence-corrected chi connectivity index (χ1v) is 6.70. The molecule has 1 N–H and O–H groups in total. The lowest BCUT2D eigenvalue weighted by molar-refractivity contribution is -0.145. The zero-order valence-electron chi connectivity index (χ0n) is 11.4. The summed E-state index contributed by atoms with van der Waals surface area (Å²) >= 11 is 0. The van der Waals surface area contributed by atoms with Gasteiger partial charge in [0.1, 0.15) is 6.04 Å². The number of rotatable bonds is 4. The number of hydrogen-bond donors (Lipinski definition) is 1. The lowest BCUT2D eigenvalue weighted by Crippen LogP contribution is -2.60. The minimum atomic E-state index is -0.378. The van der Waals surface area contributed by atoms with Crippen molar-refractivity contribution in [2.45, 2.75) is 26.3 Å². The maximum atomic E-state index is 12.2. The highest BCUT2D eigenvalue weighted by Crippen LogP contribution is 2.11. The van der Waals surface area contributed by atoms with Crippen LogP contribution in [0.25, 0.3) is 0 Å². The van der Waals surface area contributed by atoms with Crippen LogP contribution in [0.5, 0.6) is 0 Å². The van der Waals surface area contributed by atoms with Crippen LogP contribution in [-0.4, -0.2) is 35.8 Å². The SMILES string of the molecule is CC(C)[C@@H]1NC(=O)CN(CCc2ccccc2)C1=O. The van der Waals surface area contributed by atoms with Gasteiger partial charge >= 0.3 is 0 Å². The molecule has 1 aromatic rings. The summed E-state index contributed by atoms with van der Waals surface area (Å²) in [5, 5.41) is 2.76. The van der Waals surface area contributed by atoms with E-state index in [1.54, 1.807) is 4.90 Å². The highest BCUT2D eigenvalue weighted by atomic mass is 16.2. The van der Waals surface area contributed by atoms with Gasteiger partial charge in [0.25, 0.3) is 0 Å². The molecule has 2 amide bonds. The Labute approximate surface area is 113 Å². The highest BCUT2D eigenvalue weighted by Gasteiger charge is 2.33. The minimum absolute atomic E-state index is 0.0329. The number of nitrogens with zero attached hydrogens (tertiary/aromatic N) is 1. The summed E-state index contributed by atoms with van der Waals surface area (Å²) in [5.41, 5.74) is 1.18. The van der Waals surface area contributed by atoms with E-state index >= 15 is 0 Å². The summed E-state index contributed by atoms with van der Waals surface area (Å²) in [5.74, 6) is 0.0906. The fraction of sp³-hybridized carbons (Fsp3) is 0.467. The van der Waals surface area contributed by atoms with Crippen LogP contribution in [-0.2, 0) is 16.0 Å². The first-order valence-electron chi connectivity index (χ1n) is 6.70. The molecule has 1 aromatic carbocycles. The average molecular weight is 260 g/mol. The van der Waals surface area contributed by atoms with Crippen LogP contribution in [0, 0.1) is 5.92 Å². The predicted molar refractivity (Wildman–Crippen MR) is 73.5 cm³/mol. The van der Waals surface area contributed by atoms with Gasteiger partial charge in [0.2, 0.25) is 11.8 Å². The van der Waals surface area contributed by atoms with E-state index in [1.165, 1.54) is 5.56 Å². The molecule has 2 rings (SSSR count). The number of piperazine rings is 1. The predicted octanol–water partition coefficient (Wildman–Crippen LogP) is 1.21. The van der Waals surface area contributed by atoms with Crippen LogP contribution in [0.2, 0.25) is 0 Å². The van der Waals surface area contributed by atoms with Crippen LogP contribution in [0.15, 0.2) is 30.3 Å². The number of carbonyl (C=O) groups excluding carboxylic acids is 2. The summed E-state index contributed by atoms with van der Waals surface area (Å²) in [6.45, 7) is 4.67. The Morgan fingerprint density at radius 2 is 1.95 bits per heavy atom. The molecule has 0 aliphatic carbocycles. The Bertz CT molecular complexity index is 456. The number of hydrogen-bond acceptors (Lipinski definition) is 2. The van der Waals surface area contributed by atoms with Crippen molar-refractivity contribution >= 4 is 11.8 Å². The van der Waals surface area contributed by atoms with Crippen molar-refractivity contribution in [1.29, 1.82) is 0 Å². The van der Waals surface area contributed by atoms with Crippen molar-refractivity contribution in [3.63, 3.8) is 0 Å². The molecule has 1 atom stereocenters. The van der Waals surface area contributed by atoms with E-state index in [4.69, 9.17) is 0 Å². The van der Waals surface area contributed by atoms with E-state index < -0.39 is 0 Å². The molecule has 1 fully saturated rings. The monoisotopic (exact) mass is 260 g/mol. The van der Waals surface area contributed by atoms with Crippen LogP contribution in [0.1, 0.15) is 19.4 Å². The van der Waals surface area contributed by atoms with E-state index in [2.05, 4.69) is 5.32 Å². The van der Waals surface area contributed by atoms with Gasteiger partial charge in [0.15, 0.2) is 0 Å². The average Bonchev–Trinajstić information content (AvgIpc) is 2.40. The van der Waals surface area contributed by atoms with Crippen LogP contribution in [0.3, 0.4) is 0 Å². The fourth-order valence-electron chi connectivity index (χ4n) is 2.28. The molecule has 1 heterocycles. The van der Waals surface area contributed by atoms with Crippen molar-refractivity contribution < 1.29 is 9.59 Å². The lowest BCUT2D eigenvalue weighted by Gasteiger charge is -2.34. The number of nitrogens with one attached hydrogen (secondary N) is 1. The Kier molecular flexibility index (Phi) is 4.20. The molecule has 1 aliphatic heterocycles. The third kappa shape index (κ3) is 3.34. The van der Waals surface area contributed by atoms with Gasteiger partial charge in [-0.3, -0.25) is 9.59 Å². The zero-order valence-corrected chi connectivity index (χ0v) is 11.4. The minimum Gasteiger partial charge on any atom is -0.343 e. The van der Waals surface area contributed by atoms with E-state index in [9.17, 15) is 9.59 Å². The molecule has 19 heavy (non-hydrogen) atoms. The number of carbonyl (C=O) groups is 2. The first-order chi connectivity index (χ1) is 9.08. The highest BCUT2D eigenvalue weighted by molar-refractivity contribution is 5.94. The Morgan fingerprint density at radius 3 is 2.58 bits per heavy atom. The van der Waals surface area contributed by atoms with E-state index in [-0.39, 0.29) is 30.3 Å². The number of amides is 2. The zero-order chi connectivity index (χ0) is 13.8. The molecule has 0 aromatic heterocycles. The number of benzene rings is 1. The molecule has 0 unspecified atom stereocenters. The standard InChI is InChI=1S/C15H20N2O2/c1-11(2)14-15(19)17(10-13(18)16-14)9-8-12-6-4-3-5-7-12/h3-7,11,14H,8-10H2,1-2H3,(H,16,18)/t14-/m0/s1. The van der Waals surface area contributed by atoms with Crippen molar-refractivity contribution in [3.05, 3.63) is 35.9 Å². The van der Waals surface area contributed by atoms with Gasteiger partial charge in [-0.25, -0.2) is 0 Å². The van der Waals surface area contributed by atoms with E-state index in [0.29, 0.717) is 6.54 Å². The van der Waals surface area contributed by atoms with Crippen molar-refractivity contribution in [2.75, 3.05) is 13.1 Å². The smallest absolute Gasteiger partial charge is 0.245 e. The van der Waals surface area contributed by atoms with Gasteiger partial charge in [-0.05, 0) is 17.9 Å². The Hall–Kier alpha value is -1.84. The van der Waals surface area contributed by atoms with Crippen molar-refractivity contribution in [2.24, 2.45) is 5.92 Å². The summed E-state index contributed by atoms with van der Waals surface area (Å²) in [6.07, 6.45) is 0.782. The van der Waals surface area contributed by atoms with Crippen molar-refractivity contribution in [3.8, 4) is 0 Å². The third-order valence-electron chi connectivity index (χ3n) is 3.41. The van der Waals surface area contributed by atoms with Crippen molar-refractivity contribution in [1.82, 2.24) is 10.2 Å². The molecule has 4 nitrogen and oxygen atoms in total.